The molecule has 1 unspecified atom stereocenters. The Kier molecular flexibility index (Phi) is 7.37. The van der Waals surface area contributed by atoms with Crippen LogP contribution in [0.5, 0.6) is 0 Å². The lowest BCUT2D eigenvalue weighted by Gasteiger charge is -2.21. The van der Waals surface area contributed by atoms with Gasteiger partial charge in [0.25, 0.3) is 4.84 Å². The van der Waals surface area contributed by atoms with E-state index in [9.17, 15) is 0 Å². The van der Waals surface area contributed by atoms with Crippen LogP contribution in [0.1, 0.15) is 27.7 Å². The van der Waals surface area contributed by atoms with Crippen LogP contribution in [0.3, 0.4) is 0 Å². The van der Waals surface area contributed by atoms with Crippen LogP contribution in [0.15, 0.2) is 28.7 Å². The summed E-state index contributed by atoms with van der Waals surface area (Å²) in [4.78, 5) is 4.75. The smallest absolute Gasteiger partial charge is 0.288 e. The Morgan fingerprint density at radius 1 is 1.19 bits per heavy atom. The molecule has 1 aromatic carbocycles. The summed E-state index contributed by atoms with van der Waals surface area (Å²) >= 11 is 5.32. The number of rotatable bonds is 9. The maximum absolute atomic E-state index is 9.01. The minimum absolute atomic E-state index is 0.0388. The van der Waals surface area contributed by atoms with Gasteiger partial charge in [-0.3, -0.25) is 4.90 Å². The standard InChI is InChI=1S/C19H27N5OS/c1-5-22(13-15(4)12-20)14-24-19(26)25-18(21-24)16-8-10-17(11-9-16)23(6-2)7-3/h8-11,15H,5-7,13-14H2,1-4H3. The lowest BCUT2D eigenvalue weighted by molar-refractivity contribution is 0.199. The minimum Gasteiger partial charge on any atom is -0.409 e. The summed E-state index contributed by atoms with van der Waals surface area (Å²) in [5.41, 5.74) is 2.08. The molecule has 1 heterocycles. The fraction of sp³-hybridized carbons (Fsp3) is 0.526. The van der Waals surface area contributed by atoms with Crippen molar-refractivity contribution in [3.8, 4) is 17.5 Å². The molecule has 0 aliphatic carbocycles. The van der Waals surface area contributed by atoms with E-state index in [2.05, 4.69) is 53.9 Å². The van der Waals surface area contributed by atoms with Crippen LogP contribution < -0.4 is 4.90 Å². The van der Waals surface area contributed by atoms with Crippen molar-refractivity contribution in [3.05, 3.63) is 29.1 Å². The van der Waals surface area contributed by atoms with Crippen LogP contribution in [0.2, 0.25) is 0 Å². The summed E-state index contributed by atoms with van der Waals surface area (Å²) in [7, 11) is 0. The Labute approximate surface area is 160 Å². The second-order valence-corrected chi connectivity index (χ2v) is 6.58. The fourth-order valence-corrected chi connectivity index (χ4v) is 3.00. The van der Waals surface area contributed by atoms with Crippen molar-refractivity contribution in [2.75, 3.05) is 31.1 Å². The fourth-order valence-electron chi connectivity index (χ4n) is 2.82. The zero-order chi connectivity index (χ0) is 19.1. The molecule has 0 N–H and O–H groups in total. The maximum atomic E-state index is 9.01. The molecule has 7 heteroatoms. The van der Waals surface area contributed by atoms with Crippen molar-refractivity contribution in [2.24, 2.45) is 5.92 Å². The SMILES string of the molecule is CCN(CC(C)C#N)Cn1nc(-c2ccc(N(CC)CC)cc2)oc1=S. The second kappa shape index (κ2) is 9.51. The zero-order valence-corrected chi connectivity index (χ0v) is 16.8. The number of benzene rings is 1. The molecule has 140 valence electrons. The molecule has 26 heavy (non-hydrogen) atoms. The molecule has 0 radical (unpaired) electrons. The van der Waals surface area contributed by atoms with Gasteiger partial charge < -0.3 is 9.32 Å². The average molecular weight is 374 g/mol. The van der Waals surface area contributed by atoms with E-state index in [1.54, 1.807) is 4.68 Å². The third-order valence-corrected chi connectivity index (χ3v) is 4.68. The van der Waals surface area contributed by atoms with Gasteiger partial charge in [0.2, 0.25) is 5.89 Å². The number of nitriles is 1. The van der Waals surface area contributed by atoms with Gasteiger partial charge in [0, 0.05) is 30.9 Å². The van der Waals surface area contributed by atoms with E-state index in [4.69, 9.17) is 21.9 Å². The van der Waals surface area contributed by atoms with Crippen molar-refractivity contribution in [2.45, 2.75) is 34.4 Å². The van der Waals surface area contributed by atoms with Gasteiger partial charge in [0.05, 0.1) is 18.7 Å². The predicted octanol–water partition coefficient (Wildman–Crippen LogP) is 4.16. The number of hydrogen-bond acceptors (Lipinski definition) is 6. The monoisotopic (exact) mass is 373 g/mol. The summed E-state index contributed by atoms with van der Waals surface area (Å²) in [6.07, 6.45) is 0. The lowest BCUT2D eigenvalue weighted by Crippen LogP contribution is -2.30. The van der Waals surface area contributed by atoms with E-state index in [0.29, 0.717) is 23.9 Å². The zero-order valence-electron chi connectivity index (χ0n) is 16.0. The largest absolute Gasteiger partial charge is 0.409 e. The molecule has 0 aliphatic heterocycles. The highest BCUT2D eigenvalue weighted by Gasteiger charge is 2.13. The molecule has 0 bridgehead atoms. The van der Waals surface area contributed by atoms with Crippen LogP contribution in [0, 0.1) is 22.1 Å². The Morgan fingerprint density at radius 3 is 2.38 bits per heavy atom. The Morgan fingerprint density at radius 2 is 1.85 bits per heavy atom. The highest BCUT2D eigenvalue weighted by atomic mass is 32.1. The van der Waals surface area contributed by atoms with Gasteiger partial charge in [-0.2, -0.15) is 5.26 Å². The first-order valence-corrected chi connectivity index (χ1v) is 9.48. The molecule has 1 aromatic heterocycles. The van der Waals surface area contributed by atoms with Crippen LogP contribution in [-0.4, -0.2) is 40.9 Å². The second-order valence-electron chi connectivity index (χ2n) is 6.23. The summed E-state index contributed by atoms with van der Waals surface area (Å²) < 4.78 is 7.37. The Hall–Kier alpha value is -2.17. The molecule has 1 atom stereocenters. The van der Waals surface area contributed by atoms with Gasteiger partial charge in [-0.05, 0) is 63.8 Å². The van der Waals surface area contributed by atoms with E-state index < -0.39 is 0 Å². The van der Waals surface area contributed by atoms with Gasteiger partial charge in [0.15, 0.2) is 0 Å². The first-order valence-electron chi connectivity index (χ1n) is 9.07. The van der Waals surface area contributed by atoms with Crippen molar-refractivity contribution >= 4 is 17.9 Å². The molecule has 6 nitrogen and oxygen atoms in total. The number of hydrogen-bond donors (Lipinski definition) is 0. The Balaban J connectivity index is 2.17. The van der Waals surface area contributed by atoms with Gasteiger partial charge >= 0.3 is 0 Å². The third kappa shape index (κ3) is 4.93. The van der Waals surface area contributed by atoms with Crippen LogP contribution >= 0.6 is 12.2 Å². The molecule has 0 saturated carbocycles. The highest BCUT2D eigenvalue weighted by molar-refractivity contribution is 7.71. The van der Waals surface area contributed by atoms with E-state index in [0.717, 1.165) is 25.2 Å². The van der Waals surface area contributed by atoms with Gasteiger partial charge in [0.1, 0.15) is 0 Å². The molecular formula is C19H27N5OS. The average Bonchev–Trinajstić information content (AvgIpc) is 3.03. The van der Waals surface area contributed by atoms with Gasteiger partial charge in [-0.15, -0.1) is 5.10 Å². The molecule has 0 amide bonds. The third-order valence-electron chi connectivity index (χ3n) is 4.38. The van der Waals surface area contributed by atoms with Gasteiger partial charge in [-0.1, -0.05) is 6.92 Å². The van der Waals surface area contributed by atoms with Crippen LogP contribution in [0.25, 0.3) is 11.5 Å². The number of nitrogens with zero attached hydrogens (tertiary/aromatic N) is 5. The lowest BCUT2D eigenvalue weighted by atomic mass is 10.2. The molecule has 2 rings (SSSR count). The van der Waals surface area contributed by atoms with Crippen molar-refractivity contribution in [3.63, 3.8) is 0 Å². The minimum atomic E-state index is -0.0388. The van der Waals surface area contributed by atoms with E-state index >= 15 is 0 Å². The summed E-state index contributed by atoms with van der Waals surface area (Å²) in [6.45, 7) is 12.2. The van der Waals surface area contributed by atoms with E-state index in [1.807, 2.05) is 19.1 Å². The quantitative estimate of drug-likeness (QED) is 0.615. The van der Waals surface area contributed by atoms with Crippen molar-refractivity contribution in [1.29, 1.82) is 5.26 Å². The summed E-state index contributed by atoms with van der Waals surface area (Å²) in [6, 6.07) is 10.4. The van der Waals surface area contributed by atoms with Crippen molar-refractivity contribution < 1.29 is 4.42 Å². The normalized spacial score (nSPS) is 12.2. The highest BCUT2D eigenvalue weighted by Crippen LogP contribution is 2.22. The molecule has 0 fully saturated rings. The van der Waals surface area contributed by atoms with Crippen molar-refractivity contribution in [1.82, 2.24) is 14.7 Å². The first-order chi connectivity index (χ1) is 12.5. The van der Waals surface area contributed by atoms with E-state index in [1.165, 1.54) is 5.69 Å². The molecule has 0 spiro atoms. The van der Waals surface area contributed by atoms with Crippen LogP contribution in [-0.2, 0) is 6.67 Å². The van der Waals surface area contributed by atoms with Gasteiger partial charge in [-0.25, -0.2) is 4.68 Å². The van der Waals surface area contributed by atoms with E-state index in [-0.39, 0.29) is 5.92 Å². The van der Waals surface area contributed by atoms with Crippen LogP contribution in [0.4, 0.5) is 5.69 Å². The number of anilines is 1. The molecule has 0 aliphatic rings. The predicted molar refractivity (Wildman–Crippen MR) is 106 cm³/mol. The summed E-state index contributed by atoms with van der Waals surface area (Å²) in [5, 5.41) is 13.5. The summed E-state index contributed by atoms with van der Waals surface area (Å²) in [5.74, 6) is 0.480. The maximum Gasteiger partial charge on any atom is 0.288 e. The molecule has 2 aromatic rings. The first kappa shape index (κ1) is 20.1. The molecular weight excluding hydrogens is 346 g/mol. The number of aromatic nitrogens is 2. The Bertz CT molecular complexity index is 785. The topological polar surface area (TPSA) is 61.2 Å². The molecule has 0 saturated heterocycles.